The molecule has 0 radical (unpaired) electrons. The highest BCUT2D eigenvalue weighted by Crippen LogP contribution is 2.41. The van der Waals surface area contributed by atoms with E-state index in [2.05, 4.69) is 18.2 Å². The van der Waals surface area contributed by atoms with E-state index >= 15 is 0 Å². The molecule has 0 bridgehead atoms. The Morgan fingerprint density at radius 2 is 1.71 bits per heavy atom. The Bertz CT molecular complexity index is 1570. The molecule has 1 heterocycles. The van der Waals surface area contributed by atoms with Crippen molar-refractivity contribution in [2.75, 3.05) is 20.4 Å². The number of carbonyl (C=O) groups excluding carboxylic acids is 1. The molecule has 4 aromatic rings. The lowest BCUT2D eigenvalue weighted by atomic mass is 9.89. The van der Waals surface area contributed by atoms with Gasteiger partial charge in [0.05, 0.1) is 22.2 Å². The van der Waals surface area contributed by atoms with Crippen LogP contribution in [0.2, 0.25) is 5.02 Å². The summed E-state index contributed by atoms with van der Waals surface area (Å²) in [4.78, 5) is 17.3. The molecule has 0 N–H and O–H groups in total. The number of nitrogens with zero attached hydrogens (tertiary/aromatic N) is 2. The molecule has 3 aromatic carbocycles. The fourth-order valence-electron chi connectivity index (χ4n) is 5.53. The van der Waals surface area contributed by atoms with E-state index < -0.39 is 11.6 Å². The Labute approximate surface area is 257 Å². The fraction of sp³-hybridized carbons (Fsp3) is 0.323. The van der Waals surface area contributed by atoms with Crippen molar-refractivity contribution in [1.82, 2.24) is 9.32 Å². The number of hydrogen-bond acceptors (Lipinski definition) is 5. The molecule has 216 valence electrons. The van der Waals surface area contributed by atoms with E-state index in [-0.39, 0.29) is 44.5 Å². The quantitative estimate of drug-likeness (QED) is 0.143. The van der Waals surface area contributed by atoms with Gasteiger partial charge in [-0.1, -0.05) is 29.8 Å². The zero-order valence-corrected chi connectivity index (χ0v) is 26.1. The van der Waals surface area contributed by atoms with E-state index in [1.165, 1.54) is 0 Å². The number of methoxy groups -OCH3 is 1. The highest BCUT2D eigenvalue weighted by atomic mass is 35.5. The SMILES string of the molecule is COc1ccc(-c2cccc(SC)c2)cc1CN(C(=O)c1sc2c(F)ccc(F)c2c1Cl)C1CCC(N(C)Cl)CC1. The van der Waals surface area contributed by atoms with E-state index in [0.717, 1.165) is 70.7 Å². The summed E-state index contributed by atoms with van der Waals surface area (Å²) in [6.07, 6.45) is 5.13. The molecule has 0 saturated heterocycles. The predicted octanol–water partition coefficient (Wildman–Crippen LogP) is 9.27. The Balaban J connectivity index is 1.56. The normalized spacial score (nSPS) is 17.3. The second-order valence-electron chi connectivity index (χ2n) is 10.2. The minimum Gasteiger partial charge on any atom is -0.496 e. The van der Waals surface area contributed by atoms with E-state index in [0.29, 0.717) is 5.75 Å². The highest BCUT2D eigenvalue weighted by Gasteiger charge is 2.34. The lowest BCUT2D eigenvalue weighted by molar-refractivity contribution is 0.0589. The van der Waals surface area contributed by atoms with Crippen molar-refractivity contribution in [3.8, 4) is 16.9 Å². The van der Waals surface area contributed by atoms with E-state index in [9.17, 15) is 13.6 Å². The van der Waals surface area contributed by atoms with Crippen LogP contribution in [0.15, 0.2) is 59.5 Å². The van der Waals surface area contributed by atoms with Crippen LogP contribution in [0.5, 0.6) is 5.75 Å². The molecule has 10 heteroatoms. The van der Waals surface area contributed by atoms with Gasteiger partial charge < -0.3 is 9.64 Å². The number of thiophene rings is 1. The van der Waals surface area contributed by atoms with Crippen LogP contribution in [0, 0.1) is 11.6 Å². The molecular weight excluding hydrogens is 605 g/mol. The van der Waals surface area contributed by atoms with Gasteiger partial charge in [-0.05, 0) is 91.2 Å². The second-order valence-corrected chi connectivity index (χ2v) is 13.0. The number of fused-ring (bicyclic) bond motifs is 1. The fourth-order valence-corrected chi connectivity index (χ4v) is 7.69. The summed E-state index contributed by atoms with van der Waals surface area (Å²) in [5.41, 5.74) is 2.89. The number of ether oxygens (including phenoxy) is 1. The van der Waals surface area contributed by atoms with Crippen molar-refractivity contribution in [3.05, 3.63) is 81.7 Å². The van der Waals surface area contributed by atoms with Gasteiger partial charge in [0.1, 0.15) is 22.3 Å². The first-order valence-corrected chi connectivity index (χ1v) is 16.0. The third-order valence-corrected chi connectivity index (χ3v) is 10.4. The number of halogens is 4. The molecular formula is C31H30Cl2F2N2O2S2. The first kappa shape index (κ1) is 30.1. The van der Waals surface area contributed by atoms with Crippen LogP contribution in [0.25, 0.3) is 21.2 Å². The van der Waals surface area contributed by atoms with E-state index in [1.807, 2.05) is 37.6 Å². The van der Waals surface area contributed by atoms with Crippen LogP contribution < -0.4 is 4.74 Å². The molecule has 1 aliphatic rings. The minimum atomic E-state index is -0.652. The first-order valence-electron chi connectivity index (χ1n) is 13.3. The van der Waals surface area contributed by atoms with E-state index in [4.69, 9.17) is 28.1 Å². The van der Waals surface area contributed by atoms with Crippen molar-refractivity contribution in [1.29, 1.82) is 0 Å². The summed E-state index contributed by atoms with van der Waals surface area (Å²) >= 11 is 15.4. The third kappa shape index (κ3) is 6.22. The molecule has 0 aliphatic heterocycles. The maximum absolute atomic E-state index is 14.7. The molecule has 1 fully saturated rings. The molecule has 5 rings (SSSR count). The van der Waals surface area contributed by atoms with Crippen molar-refractivity contribution >= 4 is 62.5 Å². The van der Waals surface area contributed by atoms with Crippen molar-refractivity contribution in [3.63, 3.8) is 0 Å². The highest BCUT2D eigenvalue weighted by molar-refractivity contribution is 7.98. The van der Waals surface area contributed by atoms with Crippen LogP contribution >= 0.6 is 46.5 Å². The first-order chi connectivity index (χ1) is 19.7. The number of thioether (sulfide) groups is 1. The Morgan fingerprint density at radius 3 is 2.37 bits per heavy atom. The number of hydrogen-bond donors (Lipinski definition) is 0. The average Bonchev–Trinajstić information content (AvgIpc) is 3.35. The predicted molar refractivity (Wildman–Crippen MR) is 166 cm³/mol. The summed E-state index contributed by atoms with van der Waals surface area (Å²) in [5, 5.41) is -0.110. The maximum Gasteiger partial charge on any atom is 0.266 e. The van der Waals surface area contributed by atoms with E-state index in [1.54, 1.807) is 28.2 Å². The summed E-state index contributed by atoms with van der Waals surface area (Å²) in [5.74, 6) is -0.956. The molecule has 1 amide bonds. The van der Waals surface area contributed by atoms with Gasteiger partial charge in [0, 0.05) is 36.1 Å². The largest absolute Gasteiger partial charge is 0.496 e. The summed E-state index contributed by atoms with van der Waals surface area (Å²) in [7, 11) is 3.45. The lowest BCUT2D eigenvalue weighted by Gasteiger charge is -2.38. The summed E-state index contributed by atoms with van der Waals surface area (Å²) < 4.78 is 36.8. The average molecular weight is 636 g/mol. The monoisotopic (exact) mass is 634 g/mol. The molecule has 1 aliphatic carbocycles. The van der Waals surface area contributed by atoms with Crippen LogP contribution in [-0.4, -0.2) is 47.7 Å². The van der Waals surface area contributed by atoms with Gasteiger partial charge in [0.2, 0.25) is 0 Å². The van der Waals surface area contributed by atoms with Crippen LogP contribution in [0.3, 0.4) is 0 Å². The molecule has 4 nitrogen and oxygen atoms in total. The van der Waals surface area contributed by atoms with Gasteiger partial charge in [0.15, 0.2) is 0 Å². The molecule has 41 heavy (non-hydrogen) atoms. The van der Waals surface area contributed by atoms with Gasteiger partial charge in [0.25, 0.3) is 5.91 Å². The summed E-state index contributed by atoms with van der Waals surface area (Å²) in [6.45, 7) is 0.250. The molecule has 0 unspecified atom stereocenters. The number of rotatable bonds is 8. The number of amides is 1. The van der Waals surface area contributed by atoms with Gasteiger partial charge >= 0.3 is 0 Å². The topological polar surface area (TPSA) is 32.8 Å². The van der Waals surface area contributed by atoms with Crippen LogP contribution in [-0.2, 0) is 6.54 Å². The second kappa shape index (κ2) is 12.9. The van der Waals surface area contributed by atoms with Crippen molar-refractivity contribution in [2.24, 2.45) is 0 Å². The summed E-state index contributed by atoms with van der Waals surface area (Å²) in [6, 6.07) is 16.4. The van der Waals surface area contributed by atoms with Gasteiger partial charge in [-0.25, -0.2) is 13.2 Å². The maximum atomic E-state index is 14.7. The van der Waals surface area contributed by atoms with Gasteiger partial charge in [-0.15, -0.1) is 23.1 Å². The Kier molecular flexibility index (Phi) is 9.46. The molecule has 0 spiro atoms. The Morgan fingerprint density at radius 1 is 1.02 bits per heavy atom. The zero-order valence-electron chi connectivity index (χ0n) is 22.9. The molecule has 1 aromatic heterocycles. The smallest absolute Gasteiger partial charge is 0.266 e. The minimum absolute atomic E-state index is 0.0408. The lowest BCUT2D eigenvalue weighted by Crippen LogP contribution is -2.44. The number of benzene rings is 3. The van der Waals surface area contributed by atoms with Gasteiger partial charge in [-0.2, -0.15) is 0 Å². The third-order valence-electron chi connectivity index (χ3n) is 7.77. The zero-order chi connectivity index (χ0) is 29.3. The van der Waals surface area contributed by atoms with Crippen LogP contribution in [0.4, 0.5) is 8.78 Å². The Hall–Kier alpha value is -2.36. The van der Waals surface area contributed by atoms with Crippen molar-refractivity contribution < 1.29 is 18.3 Å². The molecule has 1 saturated carbocycles. The molecule has 0 atom stereocenters. The standard InChI is InChI=1S/C31H30Cl2F2N2O2S2/c1-36(33)21-8-10-22(11-9-21)37(31(38)30-28(32)27-24(34)12-13-25(35)29(27)41-30)17-20-15-19(7-14-26(20)39-2)18-5-4-6-23(16-18)40-3/h4-7,12-16,21-22H,8-11,17H2,1-3H3. The van der Waals surface area contributed by atoms with Crippen molar-refractivity contribution in [2.45, 2.75) is 49.2 Å². The van der Waals surface area contributed by atoms with Crippen LogP contribution in [0.1, 0.15) is 40.9 Å². The number of carbonyl (C=O) groups is 1. The van der Waals surface area contributed by atoms with Gasteiger partial charge in [-0.3, -0.25) is 4.79 Å².